The summed E-state index contributed by atoms with van der Waals surface area (Å²) in [5.74, 6) is 0.687. The van der Waals surface area contributed by atoms with E-state index in [-0.39, 0.29) is 6.10 Å². The number of aromatic nitrogens is 1. The third kappa shape index (κ3) is 3.65. The Bertz CT molecular complexity index is 474. The second kappa shape index (κ2) is 6.73. The molecule has 1 aromatic heterocycles. The predicted octanol–water partition coefficient (Wildman–Crippen LogP) is 2.73. The van der Waals surface area contributed by atoms with E-state index in [2.05, 4.69) is 31.0 Å². The lowest BCUT2D eigenvalue weighted by atomic mass is 10.2. The fraction of sp³-hybridized carbons (Fsp3) is 0.812. The Balaban J connectivity index is 1.60. The van der Waals surface area contributed by atoms with E-state index >= 15 is 0 Å². The number of ether oxygens (including phenoxy) is 1. The molecule has 1 N–H and O–H groups in total. The van der Waals surface area contributed by atoms with Crippen molar-refractivity contribution in [2.45, 2.75) is 52.3 Å². The van der Waals surface area contributed by atoms with Crippen LogP contribution in [0.2, 0.25) is 0 Å². The average molecular weight is 309 g/mol. The summed E-state index contributed by atoms with van der Waals surface area (Å²) in [5.41, 5.74) is 1.17. The van der Waals surface area contributed by atoms with Crippen LogP contribution in [0, 0.1) is 12.8 Å². The van der Waals surface area contributed by atoms with E-state index in [4.69, 9.17) is 9.72 Å². The molecule has 2 aliphatic rings. The Morgan fingerprint density at radius 3 is 3.14 bits per heavy atom. The largest absolute Gasteiger partial charge is 0.368 e. The van der Waals surface area contributed by atoms with Gasteiger partial charge < -0.3 is 10.1 Å². The average Bonchev–Trinajstić information content (AvgIpc) is 3.04. The Morgan fingerprint density at radius 1 is 1.48 bits per heavy atom. The highest BCUT2D eigenvalue weighted by Gasteiger charge is 2.34. The van der Waals surface area contributed by atoms with E-state index in [1.807, 2.05) is 11.3 Å². The third-order valence-electron chi connectivity index (χ3n) is 4.41. The SMILES string of the molecule is Cc1nc(C2CN3CCCC3CO2)sc1CNCC(C)C. The number of thiazole rings is 1. The molecule has 2 fully saturated rings. The monoisotopic (exact) mass is 309 g/mol. The molecule has 21 heavy (non-hydrogen) atoms. The molecule has 118 valence electrons. The molecular weight excluding hydrogens is 282 g/mol. The Hall–Kier alpha value is -0.490. The highest BCUT2D eigenvalue weighted by Crippen LogP contribution is 2.33. The molecule has 2 saturated heterocycles. The molecule has 0 aliphatic carbocycles. The van der Waals surface area contributed by atoms with E-state index < -0.39 is 0 Å². The lowest BCUT2D eigenvalue weighted by molar-refractivity contribution is -0.0502. The molecule has 3 rings (SSSR count). The molecule has 0 radical (unpaired) electrons. The lowest BCUT2D eigenvalue weighted by Crippen LogP contribution is -2.42. The maximum Gasteiger partial charge on any atom is 0.123 e. The summed E-state index contributed by atoms with van der Waals surface area (Å²) in [6.45, 7) is 11.7. The van der Waals surface area contributed by atoms with Gasteiger partial charge in [0.05, 0.1) is 12.3 Å². The minimum absolute atomic E-state index is 0.182. The van der Waals surface area contributed by atoms with Gasteiger partial charge in [-0.25, -0.2) is 4.98 Å². The molecule has 0 amide bonds. The smallest absolute Gasteiger partial charge is 0.123 e. The van der Waals surface area contributed by atoms with Crippen molar-refractivity contribution in [3.8, 4) is 0 Å². The first-order valence-electron chi connectivity index (χ1n) is 8.16. The number of morpholine rings is 1. The highest BCUT2D eigenvalue weighted by molar-refractivity contribution is 7.11. The second-order valence-corrected chi connectivity index (χ2v) is 7.81. The van der Waals surface area contributed by atoms with Crippen LogP contribution in [0.15, 0.2) is 0 Å². The van der Waals surface area contributed by atoms with Gasteiger partial charge in [0.25, 0.3) is 0 Å². The van der Waals surface area contributed by atoms with Crippen LogP contribution >= 0.6 is 11.3 Å². The summed E-state index contributed by atoms with van der Waals surface area (Å²) >= 11 is 1.83. The molecule has 5 heteroatoms. The van der Waals surface area contributed by atoms with Crippen LogP contribution in [-0.4, -0.2) is 42.2 Å². The lowest BCUT2D eigenvalue weighted by Gasteiger charge is -2.34. The summed E-state index contributed by atoms with van der Waals surface area (Å²) in [6.07, 6.45) is 2.80. The first-order chi connectivity index (χ1) is 10.1. The molecule has 0 spiro atoms. The minimum Gasteiger partial charge on any atom is -0.368 e. The van der Waals surface area contributed by atoms with Gasteiger partial charge in [0.15, 0.2) is 0 Å². The van der Waals surface area contributed by atoms with Crippen LogP contribution in [0.25, 0.3) is 0 Å². The van der Waals surface area contributed by atoms with Gasteiger partial charge in [-0.05, 0) is 38.8 Å². The number of rotatable bonds is 5. The Morgan fingerprint density at radius 2 is 2.33 bits per heavy atom. The van der Waals surface area contributed by atoms with Gasteiger partial charge in [-0.3, -0.25) is 4.90 Å². The molecule has 1 aromatic rings. The normalized spacial score (nSPS) is 26.5. The molecule has 4 nitrogen and oxygen atoms in total. The molecule has 0 bridgehead atoms. The Labute approximate surface area is 131 Å². The van der Waals surface area contributed by atoms with E-state index in [9.17, 15) is 0 Å². The minimum atomic E-state index is 0.182. The highest BCUT2D eigenvalue weighted by atomic mass is 32.1. The van der Waals surface area contributed by atoms with Crippen molar-refractivity contribution in [1.29, 1.82) is 0 Å². The molecule has 2 atom stereocenters. The number of fused-ring (bicyclic) bond motifs is 1. The van der Waals surface area contributed by atoms with Gasteiger partial charge in [0.1, 0.15) is 11.1 Å². The fourth-order valence-electron chi connectivity index (χ4n) is 3.19. The zero-order valence-electron chi connectivity index (χ0n) is 13.4. The summed E-state index contributed by atoms with van der Waals surface area (Å²) in [7, 11) is 0. The van der Waals surface area contributed by atoms with Crippen LogP contribution in [0.3, 0.4) is 0 Å². The van der Waals surface area contributed by atoms with Crippen LogP contribution in [0.5, 0.6) is 0 Å². The van der Waals surface area contributed by atoms with Crippen LogP contribution in [0.4, 0.5) is 0 Å². The van der Waals surface area contributed by atoms with Gasteiger partial charge in [-0.2, -0.15) is 0 Å². The molecule has 2 unspecified atom stereocenters. The van der Waals surface area contributed by atoms with Gasteiger partial charge in [-0.15, -0.1) is 11.3 Å². The second-order valence-electron chi connectivity index (χ2n) is 6.70. The molecule has 0 aromatic carbocycles. The maximum atomic E-state index is 6.07. The number of nitrogens with zero attached hydrogens (tertiary/aromatic N) is 2. The summed E-state index contributed by atoms with van der Waals surface area (Å²) < 4.78 is 6.07. The maximum absolute atomic E-state index is 6.07. The van der Waals surface area contributed by atoms with E-state index in [0.717, 1.165) is 26.2 Å². The number of aryl methyl sites for hydroxylation is 1. The van der Waals surface area contributed by atoms with E-state index in [1.165, 1.54) is 35.0 Å². The number of hydrogen-bond acceptors (Lipinski definition) is 5. The van der Waals surface area contributed by atoms with Crippen molar-refractivity contribution in [3.63, 3.8) is 0 Å². The van der Waals surface area contributed by atoms with Crippen molar-refractivity contribution >= 4 is 11.3 Å². The van der Waals surface area contributed by atoms with Gasteiger partial charge >= 0.3 is 0 Å². The van der Waals surface area contributed by atoms with Gasteiger partial charge in [0.2, 0.25) is 0 Å². The van der Waals surface area contributed by atoms with Crippen molar-refractivity contribution < 1.29 is 4.74 Å². The molecular formula is C16H27N3OS. The standard InChI is InChI=1S/C16H27N3OS/c1-11(2)7-17-8-15-12(3)18-16(21-15)14-9-19-6-4-5-13(19)10-20-14/h11,13-14,17H,4-10H2,1-3H3. The van der Waals surface area contributed by atoms with Gasteiger partial charge in [0, 0.05) is 24.0 Å². The van der Waals surface area contributed by atoms with Crippen molar-refractivity contribution in [2.75, 3.05) is 26.2 Å². The van der Waals surface area contributed by atoms with Crippen LogP contribution in [0.1, 0.15) is 48.4 Å². The first-order valence-corrected chi connectivity index (χ1v) is 8.97. The number of hydrogen-bond donors (Lipinski definition) is 1. The quantitative estimate of drug-likeness (QED) is 0.907. The topological polar surface area (TPSA) is 37.4 Å². The van der Waals surface area contributed by atoms with Crippen LogP contribution in [-0.2, 0) is 11.3 Å². The summed E-state index contributed by atoms with van der Waals surface area (Å²) in [4.78, 5) is 8.72. The zero-order valence-corrected chi connectivity index (χ0v) is 14.2. The molecule has 0 saturated carbocycles. The van der Waals surface area contributed by atoms with Crippen LogP contribution < -0.4 is 5.32 Å². The van der Waals surface area contributed by atoms with Crippen molar-refractivity contribution in [3.05, 3.63) is 15.6 Å². The fourth-order valence-corrected chi connectivity index (χ4v) is 4.27. The van der Waals surface area contributed by atoms with Crippen molar-refractivity contribution in [2.24, 2.45) is 5.92 Å². The van der Waals surface area contributed by atoms with Gasteiger partial charge in [-0.1, -0.05) is 13.8 Å². The first kappa shape index (κ1) is 15.4. The van der Waals surface area contributed by atoms with Crippen molar-refractivity contribution in [1.82, 2.24) is 15.2 Å². The molecule has 2 aliphatic heterocycles. The van der Waals surface area contributed by atoms with E-state index in [0.29, 0.717) is 12.0 Å². The van der Waals surface area contributed by atoms with E-state index in [1.54, 1.807) is 0 Å². The third-order valence-corrected chi connectivity index (χ3v) is 5.66. The molecule has 3 heterocycles. The Kier molecular flexibility index (Phi) is 4.94. The predicted molar refractivity (Wildman–Crippen MR) is 86.7 cm³/mol. The summed E-state index contributed by atoms with van der Waals surface area (Å²) in [5, 5.41) is 4.68. The summed E-state index contributed by atoms with van der Waals surface area (Å²) in [6, 6.07) is 0.662. The zero-order chi connectivity index (χ0) is 14.8. The number of nitrogens with one attached hydrogen (secondary N) is 1.